The van der Waals surface area contributed by atoms with Crippen LogP contribution in [0.3, 0.4) is 0 Å². The van der Waals surface area contributed by atoms with Crippen LogP contribution in [-0.4, -0.2) is 5.11 Å². The molecular weight excluding hydrogens is 282 g/mol. The van der Waals surface area contributed by atoms with E-state index in [-0.39, 0.29) is 10.6 Å². The fourth-order valence-corrected chi connectivity index (χ4v) is 2.03. The second-order valence-electron chi connectivity index (χ2n) is 3.75. The predicted molar refractivity (Wildman–Crippen MR) is 63.6 cm³/mol. The number of benzene rings is 1. The van der Waals surface area contributed by atoms with Gasteiger partial charge in [-0.3, -0.25) is 0 Å². The highest BCUT2D eigenvalue weighted by Gasteiger charge is 2.27. The molecule has 1 aromatic rings. The second-order valence-corrected chi connectivity index (χ2v) is 4.98. The summed E-state index contributed by atoms with van der Waals surface area (Å²) in [7, 11) is 0. The Morgan fingerprint density at radius 3 is 2.67 bits per heavy atom. The van der Waals surface area contributed by atoms with Crippen LogP contribution in [-0.2, 0) is 5.60 Å². The molecule has 1 N–H and O–H groups in total. The van der Waals surface area contributed by atoms with E-state index in [9.17, 15) is 9.50 Å². The van der Waals surface area contributed by atoms with Crippen LogP contribution in [0.1, 0.15) is 32.3 Å². The third kappa shape index (κ3) is 2.71. The highest BCUT2D eigenvalue weighted by Crippen LogP contribution is 2.34. The molecule has 0 saturated heterocycles. The Hall–Kier alpha value is -0.120. The molecule has 15 heavy (non-hydrogen) atoms. The van der Waals surface area contributed by atoms with Crippen LogP contribution in [0.2, 0.25) is 5.02 Å². The number of rotatable bonds is 3. The van der Waals surface area contributed by atoms with E-state index in [0.717, 1.165) is 6.42 Å². The van der Waals surface area contributed by atoms with Crippen molar-refractivity contribution in [2.24, 2.45) is 0 Å². The van der Waals surface area contributed by atoms with Gasteiger partial charge in [0.25, 0.3) is 0 Å². The van der Waals surface area contributed by atoms with Crippen molar-refractivity contribution in [3.8, 4) is 0 Å². The summed E-state index contributed by atoms with van der Waals surface area (Å²) in [5, 5.41) is 10.1. The van der Waals surface area contributed by atoms with Crippen LogP contribution in [0, 0.1) is 5.82 Å². The van der Waals surface area contributed by atoms with Crippen LogP contribution in [0.4, 0.5) is 4.39 Å². The highest BCUT2D eigenvalue weighted by molar-refractivity contribution is 9.10. The molecule has 0 radical (unpaired) electrons. The summed E-state index contributed by atoms with van der Waals surface area (Å²) >= 11 is 8.89. The summed E-state index contributed by atoms with van der Waals surface area (Å²) in [4.78, 5) is 0. The molecule has 0 aliphatic heterocycles. The van der Waals surface area contributed by atoms with Crippen molar-refractivity contribution in [3.05, 3.63) is 33.0 Å². The third-order valence-corrected chi connectivity index (χ3v) is 3.61. The SMILES string of the molecule is CCCC(C)(O)c1ccc(Br)c(Cl)c1F. The third-order valence-electron chi connectivity index (χ3n) is 2.35. The zero-order chi connectivity index (χ0) is 11.6. The molecule has 0 bridgehead atoms. The topological polar surface area (TPSA) is 20.2 Å². The molecule has 1 unspecified atom stereocenters. The number of aliphatic hydroxyl groups is 1. The molecule has 0 fully saturated rings. The van der Waals surface area contributed by atoms with E-state index in [1.807, 2.05) is 6.92 Å². The van der Waals surface area contributed by atoms with Gasteiger partial charge in [-0.05, 0) is 35.3 Å². The Morgan fingerprint density at radius 1 is 1.53 bits per heavy atom. The molecule has 1 aromatic carbocycles. The average Bonchev–Trinajstić information content (AvgIpc) is 2.13. The van der Waals surface area contributed by atoms with E-state index in [1.165, 1.54) is 0 Å². The molecule has 1 atom stereocenters. The molecule has 0 aromatic heterocycles. The van der Waals surface area contributed by atoms with E-state index < -0.39 is 11.4 Å². The largest absolute Gasteiger partial charge is 0.385 e. The number of hydrogen-bond donors (Lipinski definition) is 1. The fourth-order valence-electron chi connectivity index (χ4n) is 1.56. The standard InChI is InChI=1S/C11H13BrClFO/c1-3-6-11(2,15)7-4-5-8(12)9(13)10(7)14/h4-5,15H,3,6H2,1-2H3. The van der Waals surface area contributed by atoms with Gasteiger partial charge < -0.3 is 5.11 Å². The molecule has 1 nitrogen and oxygen atoms in total. The molecule has 0 aliphatic rings. The monoisotopic (exact) mass is 294 g/mol. The maximum absolute atomic E-state index is 13.8. The van der Waals surface area contributed by atoms with Gasteiger partial charge >= 0.3 is 0 Å². The molecule has 1 rings (SSSR count). The van der Waals surface area contributed by atoms with Crippen molar-refractivity contribution in [3.63, 3.8) is 0 Å². The highest BCUT2D eigenvalue weighted by atomic mass is 79.9. The van der Waals surface area contributed by atoms with E-state index in [0.29, 0.717) is 10.9 Å². The van der Waals surface area contributed by atoms with Crippen molar-refractivity contribution >= 4 is 27.5 Å². The molecule has 0 spiro atoms. The fraction of sp³-hybridized carbons (Fsp3) is 0.455. The van der Waals surface area contributed by atoms with Crippen molar-refractivity contribution in [2.75, 3.05) is 0 Å². The van der Waals surface area contributed by atoms with Gasteiger partial charge in [-0.25, -0.2) is 4.39 Å². The average molecular weight is 296 g/mol. The van der Waals surface area contributed by atoms with Crippen molar-refractivity contribution in [1.82, 2.24) is 0 Å². The number of hydrogen-bond acceptors (Lipinski definition) is 1. The van der Waals surface area contributed by atoms with Gasteiger partial charge in [-0.1, -0.05) is 31.0 Å². The molecule has 0 amide bonds. The molecule has 84 valence electrons. The summed E-state index contributed by atoms with van der Waals surface area (Å²) in [5.41, 5.74) is -0.916. The van der Waals surface area contributed by atoms with Gasteiger partial charge in [0.05, 0.1) is 10.6 Å². The van der Waals surface area contributed by atoms with E-state index in [2.05, 4.69) is 15.9 Å². The van der Waals surface area contributed by atoms with Crippen LogP contribution in [0.5, 0.6) is 0 Å². The van der Waals surface area contributed by atoms with Crippen molar-refractivity contribution in [1.29, 1.82) is 0 Å². The minimum absolute atomic E-state index is 0.0175. The minimum atomic E-state index is -1.16. The zero-order valence-corrected chi connectivity index (χ0v) is 11.0. The lowest BCUT2D eigenvalue weighted by atomic mass is 9.91. The van der Waals surface area contributed by atoms with Gasteiger partial charge in [0.1, 0.15) is 5.82 Å². The van der Waals surface area contributed by atoms with E-state index >= 15 is 0 Å². The summed E-state index contributed by atoms with van der Waals surface area (Å²) in [6.07, 6.45) is 1.28. The Balaban J connectivity index is 3.21. The summed E-state index contributed by atoms with van der Waals surface area (Å²) in [5.74, 6) is -0.551. The van der Waals surface area contributed by atoms with Crippen molar-refractivity contribution < 1.29 is 9.50 Å². The van der Waals surface area contributed by atoms with E-state index in [1.54, 1.807) is 19.1 Å². The second kappa shape index (κ2) is 4.81. The van der Waals surface area contributed by atoms with Crippen LogP contribution in [0.15, 0.2) is 16.6 Å². The molecule has 0 aliphatic carbocycles. The van der Waals surface area contributed by atoms with Crippen LogP contribution in [0.25, 0.3) is 0 Å². The smallest absolute Gasteiger partial charge is 0.149 e. The maximum Gasteiger partial charge on any atom is 0.149 e. The molecule has 0 saturated carbocycles. The number of halogens is 3. The molecular formula is C11H13BrClFO. The lowest BCUT2D eigenvalue weighted by Gasteiger charge is -2.24. The van der Waals surface area contributed by atoms with Crippen molar-refractivity contribution in [2.45, 2.75) is 32.3 Å². The van der Waals surface area contributed by atoms with Crippen LogP contribution >= 0.6 is 27.5 Å². The first-order valence-electron chi connectivity index (χ1n) is 4.76. The van der Waals surface area contributed by atoms with Gasteiger partial charge in [-0.2, -0.15) is 0 Å². The first-order chi connectivity index (χ1) is 6.90. The Labute approximate surface area is 102 Å². The van der Waals surface area contributed by atoms with Gasteiger partial charge in [-0.15, -0.1) is 0 Å². The maximum atomic E-state index is 13.8. The first kappa shape index (κ1) is 12.9. The molecule has 4 heteroatoms. The van der Waals surface area contributed by atoms with Gasteiger partial charge in [0.2, 0.25) is 0 Å². The lowest BCUT2D eigenvalue weighted by Crippen LogP contribution is -2.22. The summed E-state index contributed by atoms with van der Waals surface area (Å²) < 4.78 is 14.3. The first-order valence-corrected chi connectivity index (χ1v) is 5.93. The Bertz CT molecular complexity index is 366. The lowest BCUT2D eigenvalue weighted by molar-refractivity contribution is 0.0433. The molecule has 0 heterocycles. The van der Waals surface area contributed by atoms with Gasteiger partial charge in [0.15, 0.2) is 0 Å². The summed E-state index contributed by atoms with van der Waals surface area (Å²) in [6, 6.07) is 3.20. The normalized spacial score (nSPS) is 15.1. The van der Waals surface area contributed by atoms with Gasteiger partial charge in [0, 0.05) is 10.0 Å². The van der Waals surface area contributed by atoms with Crippen LogP contribution < -0.4 is 0 Å². The quantitative estimate of drug-likeness (QED) is 0.827. The Morgan fingerprint density at radius 2 is 2.13 bits per heavy atom. The predicted octanol–water partition coefficient (Wildman–Crippen LogP) is 4.25. The summed E-state index contributed by atoms with van der Waals surface area (Å²) in [6.45, 7) is 3.53. The minimum Gasteiger partial charge on any atom is -0.385 e. The Kier molecular flexibility index (Phi) is 4.15. The van der Waals surface area contributed by atoms with E-state index in [4.69, 9.17) is 11.6 Å². The zero-order valence-electron chi connectivity index (χ0n) is 8.65.